The molecule has 4 rings (SSSR count). The third-order valence-electron chi connectivity index (χ3n) is 5.24. The first kappa shape index (κ1) is 17.3. The summed E-state index contributed by atoms with van der Waals surface area (Å²) in [5.74, 6) is 0.0556. The zero-order chi connectivity index (χ0) is 18.3. The Morgan fingerprint density at radius 3 is 2.77 bits per heavy atom. The van der Waals surface area contributed by atoms with Gasteiger partial charge in [0.2, 0.25) is 0 Å². The van der Waals surface area contributed by atoms with Crippen LogP contribution in [0.2, 0.25) is 0 Å². The summed E-state index contributed by atoms with van der Waals surface area (Å²) in [6, 6.07) is 10.7. The fourth-order valence-corrected chi connectivity index (χ4v) is 5.00. The van der Waals surface area contributed by atoms with Crippen molar-refractivity contribution in [3.8, 4) is 0 Å². The predicted molar refractivity (Wildman–Crippen MR) is 109 cm³/mol. The first-order valence-corrected chi connectivity index (χ1v) is 10.0. The number of benzene rings is 1. The Kier molecular flexibility index (Phi) is 4.59. The highest BCUT2D eigenvalue weighted by Crippen LogP contribution is 2.39. The van der Waals surface area contributed by atoms with Gasteiger partial charge in [0.1, 0.15) is 11.2 Å². The minimum absolute atomic E-state index is 0.0556. The zero-order valence-corrected chi connectivity index (χ0v) is 16.3. The van der Waals surface area contributed by atoms with Crippen molar-refractivity contribution in [1.82, 2.24) is 10.2 Å². The van der Waals surface area contributed by atoms with E-state index in [0.717, 1.165) is 41.2 Å². The van der Waals surface area contributed by atoms with Crippen LogP contribution in [0.3, 0.4) is 0 Å². The van der Waals surface area contributed by atoms with Crippen molar-refractivity contribution in [3.05, 3.63) is 57.5 Å². The molecule has 1 unspecified atom stereocenters. The number of carbonyl (C=O) groups is 1. The Bertz CT molecular complexity index is 854. The normalized spacial score (nSPS) is 20.4. The van der Waals surface area contributed by atoms with E-state index in [4.69, 9.17) is 0 Å². The van der Waals surface area contributed by atoms with Gasteiger partial charge >= 0.3 is 0 Å². The predicted octanol–water partition coefficient (Wildman–Crippen LogP) is 4.10. The van der Waals surface area contributed by atoms with Crippen molar-refractivity contribution in [2.24, 2.45) is 0 Å². The van der Waals surface area contributed by atoms with Gasteiger partial charge in [-0.15, -0.1) is 11.3 Å². The molecular formula is C21H25N3OS. The van der Waals surface area contributed by atoms with Crippen LogP contribution in [-0.4, -0.2) is 29.6 Å². The lowest BCUT2D eigenvalue weighted by Gasteiger charge is -2.31. The Morgan fingerprint density at radius 2 is 2.04 bits per heavy atom. The summed E-state index contributed by atoms with van der Waals surface area (Å²) in [7, 11) is 0. The molecule has 136 valence electrons. The molecule has 1 aromatic carbocycles. The number of rotatable bonds is 3. The third kappa shape index (κ3) is 3.17. The van der Waals surface area contributed by atoms with Crippen LogP contribution in [0.5, 0.6) is 0 Å². The van der Waals surface area contributed by atoms with Crippen molar-refractivity contribution in [2.45, 2.75) is 45.9 Å². The molecule has 5 heteroatoms. The standard InChI is InChI=1S/C21H25N3OS/c1-13(2)24-10-9-16-17(12-24)26-21-18(16)20(25)22-19(23-21)14(3)11-15-7-5-4-6-8-15/h4-8,11,13,19,23H,9-10,12H2,1-3H3,(H,22,25). The monoisotopic (exact) mass is 367 g/mol. The van der Waals surface area contributed by atoms with E-state index in [9.17, 15) is 4.79 Å². The summed E-state index contributed by atoms with van der Waals surface area (Å²) < 4.78 is 0. The highest BCUT2D eigenvalue weighted by Gasteiger charge is 2.33. The van der Waals surface area contributed by atoms with Gasteiger partial charge in [-0.25, -0.2) is 0 Å². The van der Waals surface area contributed by atoms with E-state index in [2.05, 4.69) is 54.5 Å². The second kappa shape index (κ2) is 6.89. The molecular weight excluding hydrogens is 342 g/mol. The van der Waals surface area contributed by atoms with E-state index >= 15 is 0 Å². The van der Waals surface area contributed by atoms with E-state index in [-0.39, 0.29) is 12.1 Å². The van der Waals surface area contributed by atoms with Crippen LogP contribution in [0.1, 0.15) is 47.1 Å². The zero-order valence-electron chi connectivity index (χ0n) is 15.5. The van der Waals surface area contributed by atoms with Gasteiger partial charge in [0, 0.05) is 24.0 Å². The maximum Gasteiger partial charge on any atom is 0.256 e. The topological polar surface area (TPSA) is 44.4 Å². The van der Waals surface area contributed by atoms with E-state index < -0.39 is 0 Å². The molecule has 2 aromatic rings. The average molecular weight is 368 g/mol. The van der Waals surface area contributed by atoms with Crippen molar-refractivity contribution in [1.29, 1.82) is 0 Å². The fourth-order valence-electron chi connectivity index (χ4n) is 3.70. The molecule has 1 amide bonds. The Balaban J connectivity index is 1.60. The molecule has 0 spiro atoms. The van der Waals surface area contributed by atoms with Gasteiger partial charge in [-0.2, -0.15) is 0 Å². The molecule has 0 saturated carbocycles. The molecule has 0 saturated heterocycles. The number of thiophene rings is 1. The Labute approximate surface area is 158 Å². The molecule has 26 heavy (non-hydrogen) atoms. The second-order valence-corrected chi connectivity index (χ2v) is 8.48. The Hall–Kier alpha value is -2.11. The van der Waals surface area contributed by atoms with Gasteiger partial charge in [0.25, 0.3) is 5.91 Å². The number of fused-ring (bicyclic) bond motifs is 3. The number of hydrogen-bond acceptors (Lipinski definition) is 4. The van der Waals surface area contributed by atoms with E-state index in [1.165, 1.54) is 10.4 Å². The van der Waals surface area contributed by atoms with E-state index in [1.807, 2.05) is 18.2 Å². The van der Waals surface area contributed by atoms with Crippen LogP contribution in [0.4, 0.5) is 5.00 Å². The lowest BCUT2D eigenvalue weighted by atomic mass is 9.99. The third-order valence-corrected chi connectivity index (χ3v) is 6.39. The summed E-state index contributed by atoms with van der Waals surface area (Å²) in [6.07, 6.45) is 2.92. The van der Waals surface area contributed by atoms with Crippen LogP contribution < -0.4 is 10.6 Å². The molecule has 2 aliphatic heterocycles. The number of carbonyl (C=O) groups excluding carboxylic acids is 1. The largest absolute Gasteiger partial charge is 0.353 e. The highest BCUT2D eigenvalue weighted by atomic mass is 32.1. The Morgan fingerprint density at radius 1 is 1.27 bits per heavy atom. The van der Waals surface area contributed by atoms with Gasteiger partial charge in [0.05, 0.1) is 5.56 Å². The molecule has 0 fully saturated rings. The van der Waals surface area contributed by atoms with Crippen molar-refractivity contribution in [2.75, 3.05) is 11.9 Å². The van der Waals surface area contributed by atoms with Crippen LogP contribution in [0.15, 0.2) is 35.9 Å². The first-order valence-electron chi connectivity index (χ1n) is 9.22. The smallest absolute Gasteiger partial charge is 0.256 e. The van der Waals surface area contributed by atoms with Crippen molar-refractivity contribution >= 4 is 28.3 Å². The minimum Gasteiger partial charge on any atom is -0.353 e. The SMILES string of the molecule is CC(=Cc1ccccc1)C1NC(=O)c2c(sc3c2CCN(C(C)C)C3)N1. The second-order valence-electron chi connectivity index (χ2n) is 7.37. The van der Waals surface area contributed by atoms with E-state index in [1.54, 1.807) is 11.3 Å². The van der Waals surface area contributed by atoms with Crippen molar-refractivity contribution < 1.29 is 4.79 Å². The molecule has 0 aliphatic carbocycles. The quantitative estimate of drug-likeness (QED) is 0.858. The molecule has 2 aliphatic rings. The number of anilines is 1. The summed E-state index contributed by atoms with van der Waals surface area (Å²) in [4.78, 5) is 16.6. The van der Waals surface area contributed by atoms with Crippen LogP contribution >= 0.6 is 11.3 Å². The van der Waals surface area contributed by atoms with E-state index in [0.29, 0.717) is 6.04 Å². The van der Waals surface area contributed by atoms with Gasteiger partial charge < -0.3 is 10.6 Å². The lowest BCUT2D eigenvalue weighted by Crippen LogP contribution is -2.45. The summed E-state index contributed by atoms with van der Waals surface area (Å²) in [6.45, 7) is 8.50. The maximum absolute atomic E-state index is 12.8. The highest BCUT2D eigenvalue weighted by molar-refractivity contribution is 7.16. The van der Waals surface area contributed by atoms with Crippen LogP contribution in [0, 0.1) is 0 Å². The lowest BCUT2D eigenvalue weighted by molar-refractivity contribution is 0.0940. The van der Waals surface area contributed by atoms with Gasteiger partial charge in [-0.05, 0) is 43.9 Å². The molecule has 1 atom stereocenters. The first-order chi connectivity index (χ1) is 12.5. The average Bonchev–Trinajstić information content (AvgIpc) is 3.00. The number of nitrogens with one attached hydrogen (secondary N) is 2. The van der Waals surface area contributed by atoms with Gasteiger partial charge in [-0.3, -0.25) is 9.69 Å². The maximum atomic E-state index is 12.8. The molecule has 3 heterocycles. The van der Waals surface area contributed by atoms with Gasteiger partial charge in [0.15, 0.2) is 0 Å². The van der Waals surface area contributed by atoms with Crippen molar-refractivity contribution in [3.63, 3.8) is 0 Å². The summed E-state index contributed by atoms with van der Waals surface area (Å²) in [5.41, 5.74) is 4.36. The van der Waals surface area contributed by atoms with Gasteiger partial charge in [-0.1, -0.05) is 36.4 Å². The number of amides is 1. The molecule has 0 bridgehead atoms. The molecule has 4 nitrogen and oxygen atoms in total. The molecule has 1 aromatic heterocycles. The van der Waals surface area contributed by atoms with Crippen LogP contribution in [-0.2, 0) is 13.0 Å². The molecule has 2 N–H and O–H groups in total. The number of nitrogens with zero attached hydrogens (tertiary/aromatic N) is 1. The summed E-state index contributed by atoms with van der Waals surface area (Å²) >= 11 is 1.75. The number of hydrogen-bond donors (Lipinski definition) is 2. The van der Waals surface area contributed by atoms with Crippen LogP contribution in [0.25, 0.3) is 6.08 Å². The minimum atomic E-state index is -0.156. The summed E-state index contributed by atoms with van der Waals surface area (Å²) in [5, 5.41) is 7.71. The molecule has 0 radical (unpaired) electrons. The fraction of sp³-hybridized carbons (Fsp3) is 0.381.